The fourth-order valence-corrected chi connectivity index (χ4v) is 4.97. The number of benzene rings is 1. The number of hydrogen-bond donors (Lipinski definition) is 2. The zero-order valence-corrected chi connectivity index (χ0v) is 17.2. The van der Waals surface area contributed by atoms with Crippen molar-refractivity contribution in [2.75, 3.05) is 25.9 Å². The van der Waals surface area contributed by atoms with Crippen LogP contribution in [0.15, 0.2) is 41.8 Å². The molecule has 1 aliphatic rings. The minimum atomic E-state index is -3.15. The molecule has 1 saturated heterocycles. The van der Waals surface area contributed by atoms with Crippen molar-refractivity contribution < 1.29 is 17.6 Å². The van der Waals surface area contributed by atoms with Crippen molar-refractivity contribution in [3.05, 3.63) is 58.0 Å². The molecule has 1 atom stereocenters. The van der Waals surface area contributed by atoms with Crippen molar-refractivity contribution in [2.45, 2.75) is 18.9 Å². The number of hydrogen-bond acceptors (Lipinski definition) is 4. The van der Waals surface area contributed by atoms with Gasteiger partial charge in [-0.1, -0.05) is 18.2 Å². The molecule has 1 fully saturated rings. The second-order valence-electron chi connectivity index (χ2n) is 6.96. The van der Waals surface area contributed by atoms with Crippen molar-refractivity contribution in [3.8, 4) is 0 Å². The maximum atomic E-state index is 13.2. The van der Waals surface area contributed by atoms with Gasteiger partial charge in [0.2, 0.25) is 10.0 Å². The van der Waals surface area contributed by atoms with Crippen LogP contribution in [-0.2, 0) is 10.0 Å². The van der Waals surface area contributed by atoms with Crippen LogP contribution in [0.3, 0.4) is 0 Å². The number of nitrogens with one attached hydrogen (secondary N) is 2. The van der Waals surface area contributed by atoms with Gasteiger partial charge in [-0.05, 0) is 47.9 Å². The molecule has 1 aliphatic heterocycles. The number of sulfonamides is 1. The van der Waals surface area contributed by atoms with E-state index >= 15 is 0 Å². The number of nitrogens with zero attached hydrogens (tertiary/aromatic N) is 1. The number of amides is 2. The molecule has 1 aromatic carbocycles. The summed E-state index contributed by atoms with van der Waals surface area (Å²) >= 11 is 1.52. The lowest BCUT2D eigenvalue weighted by Crippen LogP contribution is -2.44. The molecule has 0 bridgehead atoms. The van der Waals surface area contributed by atoms with Crippen LogP contribution in [-0.4, -0.2) is 44.6 Å². The first-order valence-corrected chi connectivity index (χ1v) is 11.8. The van der Waals surface area contributed by atoms with Gasteiger partial charge < -0.3 is 10.6 Å². The molecule has 28 heavy (non-hydrogen) atoms. The van der Waals surface area contributed by atoms with Crippen LogP contribution in [0.5, 0.6) is 0 Å². The Morgan fingerprint density at radius 1 is 1.25 bits per heavy atom. The van der Waals surface area contributed by atoms with Crippen molar-refractivity contribution in [3.63, 3.8) is 0 Å². The molecule has 0 spiro atoms. The maximum Gasteiger partial charge on any atom is 0.315 e. The first kappa shape index (κ1) is 20.8. The van der Waals surface area contributed by atoms with Crippen molar-refractivity contribution in [1.82, 2.24) is 14.9 Å². The smallest absolute Gasteiger partial charge is 0.315 e. The largest absolute Gasteiger partial charge is 0.338 e. The van der Waals surface area contributed by atoms with E-state index in [1.54, 1.807) is 12.1 Å². The van der Waals surface area contributed by atoms with E-state index in [4.69, 9.17) is 0 Å². The van der Waals surface area contributed by atoms with Crippen LogP contribution >= 0.6 is 11.3 Å². The van der Waals surface area contributed by atoms with Crippen molar-refractivity contribution >= 4 is 27.4 Å². The minimum Gasteiger partial charge on any atom is -0.338 e. The van der Waals surface area contributed by atoms with Gasteiger partial charge >= 0.3 is 6.03 Å². The van der Waals surface area contributed by atoms with Crippen molar-refractivity contribution in [1.29, 1.82) is 0 Å². The molecule has 2 aromatic rings. The summed E-state index contributed by atoms with van der Waals surface area (Å²) in [5.74, 6) is -0.0756. The predicted octanol–water partition coefficient (Wildman–Crippen LogP) is 2.95. The van der Waals surface area contributed by atoms with E-state index in [1.165, 1.54) is 34.0 Å². The summed E-state index contributed by atoms with van der Waals surface area (Å²) in [4.78, 5) is 13.4. The Kier molecular flexibility index (Phi) is 6.69. The number of thiophene rings is 1. The van der Waals surface area contributed by atoms with Gasteiger partial charge in [-0.3, -0.25) is 0 Å². The van der Waals surface area contributed by atoms with Gasteiger partial charge in [0.1, 0.15) is 5.82 Å². The monoisotopic (exact) mass is 425 g/mol. The molecule has 1 unspecified atom stereocenters. The Balaban J connectivity index is 1.55. The summed E-state index contributed by atoms with van der Waals surface area (Å²) in [7, 11) is -3.15. The fourth-order valence-electron chi connectivity index (χ4n) is 3.29. The first-order valence-electron chi connectivity index (χ1n) is 9.11. The third-order valence-electron chi connectivity index (χ3n) is 4.90. The highest BCUT2D eigenvalue weighted by Gasteiger charge is 2.25. The molecule has 9 heteroatoms. The molecule has 152 valence electrons. The quantitative estimate of drug-likeness (QED) is 0.747. The zero-order chi connectivity index (χ0) is 20.1. The Bertz CT molecular complexity index is 878. The average Bonchev–Trinajstić information content (AvgIpc) is 3.19. The molecule has 0 saturated carbocycles. The summed E-state index contributed by atoms with van der Waals surface area (Å²) in [6.07, 6.45) is 2.67. The highest BCUT2D eigenvalue weighted by molar-refractivity contribution is 7.88. The standard InChI is InChI=1S/C19H24FN3O3S2/c1-28(25,26)23-10-8-14(9-11-23)13-21-19(24)22-18(17-3-2-12-27-17)15-4-6-16(20)7-5-15/h2-7,12,14,18H,8-11,13H2,1H3,(H2,21,22,24). The number of urea groups is 1. The van der Waals surface area contributed by atoms with Gasteiger partial charge in [-0.15, -0.1) is 11.3 Å². The molecule has 0 radical (unpaired) electrons. The Morgan fingerprint density at radius 3 is 2.50 bits per heavy atom. The second kappa shape index (κ2) is 9.02. The van der Waals surface area contributed by atoms with Crippen LogP contribution in [0.4, 0.5) is 9.18 Å². The van der Waals surface area contributed by atoms with Crippen LogP contribution in [0.2, 0.25) is 0 Å². The average molecular weight is 426 g/mol. The lowest BCUT2D eigenvalue weighted by molar-refractivity contribution is 0.229. The van der Waals surface area contributed by atoms with E-state index in [0.29, 0.717) is 19.6 Å². The number of rotatable bonds is 6. The molecular weight excluding hydrogens is 401 g/mol. The molecule has 0 aliphatic carbocycles. The van der Waals surface area contributed by atoms with Gasteiger partial charge in [0.05, 0.1) is 12.3 Å². The summed E-state index contributed by atoms with van der Waals surface area (Å²) in [6, 6.07) is 9.28. The molecule has 2 amide bonds. The van der Waals surface area contributed by atoms with Gasteiger partial charge in [0.15, 0.2) is 0 Å². The van der Waals surface area contributed by atoms with Gasteiger partial charge in [-0.2, -0.15) is 0 Å². The van der Waals surface area contributed by atoms with Crippen LogP contribution in [0.1, 0.15) is 29.3 Å². The molecule has 6 nitrogen and oxygen atoms in total. The lowest BCUT2D eigenvalue weighted by atomic mass is 9.98. The van der Waals surface area contributed by atoms with Gasteiger partial charge in [0.25, 0.3) is 0 Å². The minimum absolute atomic E-state index is 0.245. The molecular formula is C19H24FN3O3S2. The van der Waals surface area contributed by atoms with Crippen LogP contribution < -0.4 is 10.6 Å². The number of piperidine rings is 1. The van der Waals surface area contributed by atoms with Gasteiger partial charge in [0, 0.05) is 24.5 Å². The Morgan fingerprint density at radius 2 is 1.93 bits per heavy atom. The van der Waals surface area contributed by atoms with Crippen molar-refractivity contribution in [2.24, 2.45) is 5.92 Å². The highest BCUT2D eigenvalue weighted by Crippen LogP contribution is 2.26. The summed E-state index contributed by atoms with van der Waals surface area (Å²) in [5, 5.41) is 7.78. The fraction of sp³-hybridized carbons (Fsp3) is 0.421. The van der Waals surface area contributed by atoms with E-state index in [1.807, 2.05) is 17.5 Å². The van der Waals surface area contributed by atoms with E-state index in [2.05, 4.69) is 10.6 Å². The third-order valence-corrected chi connectivity index (χ3v) is 7.14. The van der Waals surface area contributed by atoms with E-state index in [-0.39, 0.29) is 23.8 Å². The maximum absolute atomic E-state index is 13.2. The topological polar surface area (TPSA) is 78.5 Å². The van der Waals surface area contributed by atoms with E-state index in [0.717, 1.165) is 23.3 Å². The lowest BCUT2D eigenvalue weighted by Gasteiger charge is -2.30. The van der Waals surface area contributed by atoms with Crippen LogP contribution in [0, 0.1) is 11.7 Å². The summed E-state index contributed by atoms with van der Waals surface area (Å²) < 4.78 is 37.9. The normalized spacial score (nSPS) is 17.2. The molecule has 2 heterocycles. The predicted molar refractivity (Wildman–Crippen MR) is 108 cm³/mol. The third kappa shape index (κ3) is 5.52. The number of halogens is 1. The van der Waals surface area contributed by atoms with E-state index in [9.17, 15) is 17.6 Å². The zero-order valence-electron chi connectivity index (χ0n) is 15.6. The summed E-state index contributed by atoms with van der Waals surface area (Å²) in [5.41, 5.74) is 0.806. The molecule has 3 rings (SSSR count). The van der Waals surface area contributed by atoms with E-state index < -0.39 is 10.0 Å². The number of carbonyl (C=O) groups excluding carboxylic acids is 1. The molecule has 2 N–H and O–H groups in total. The Labute approximate surface area is 168 Å². The molecule has 1 aromatic heterocycles. The highest BCUT2D eigenvalue weighted by atomic mass is 32.2. The number of carbonyl (C=O) groups is 1. The second-order valence-corrected chi connectivity index (χ2v) is 9.92. The first-order chi connectivity index (χ1) is 13.3. The Hall–Kier alpha value is -1.97. The summed E-state index contributed by atoms with van der Waals surface area (Å²) in [6.45, 7) is 1.46. The van der Waals surface area contributed by atoms with Gasteiger partial charge in [-0.25, -0.2) is 21.9 Å². The SMILES string of the molecule is CS(=O)(=O)N1CCC(CNC(=O)NC(c2ccc(F)cc2)c2cccs2)CC1. The van der Waals surface area contributed by atoms with Crippen LogP contribution in [0.25, 0.3) is 0 Å².